The first-order valence-corrected chi connectivity index (χ1v) is 4.75. The van der Waals surface area contributed by atoms with Crippen LogP contribution in [0.25, 0.3) is 0 Å². The van der Waals surface area contributed by atoms with E-state index in [0.29, 0.717) is 11.8 Å². The summed E-state index contributed by atoms with van der Waals surface area (Å²) in [5.41, 5.74) is 1.11. The third kappa shape index (κ3) is 3.15. The van der Waals surface area contributed by atoms with E-state index in [1.54, 1.807) is 0 Å². The monoisotopic (exact) mass is 179 g/mol. The van der Waals surface area contributed by atoms with Crippen molar-refractivity contribution in [3.05, 3.63) is 30.1 Å². The Morgan fingerprint density at radius 1 is 1.38 bits per heavy atom. The van der Waals surface area contributed by atoms with Gasteiger partial charge in [-0.05, 0) is 30.4 Å². The first kappa shape index (κ1) is 10.2. The molecule has 0 saturated carbocycles. The van der Waals surface area contributed by atoms with E-state index in [9.17, 15) is 0 Å². The van der Waals surface area contributed by atoms with E-state index < -0.39 is 0 Å². The Hall–Kier alpha value is -0.890. The molecule has 0 aliphatic carbocycles. The van der Waals surface area contributed by atoms with Crippen LogP contribution in [0, 0.1) is 5.92 Å². The lowest BCUT2D eigenvalue weighted by Crippen LogP contribution is -2.06. The van der Waals surface area contributed by atoms with Gasteiger partial charge in [0.05, 0.1) is 0 Å². The normalized spacial score (nSPS) is 15.3. The zero-order valence-corrected chi connectivity index (χ0v) is 8.27. The van der Waals surface area contributed by atoms with Gasteiger partial charge in [0, 0.05) is 18.5 Å². The van der Waals surface area contributed by atoms with Gasteiger partial charge in [0.2, 0.25) is 0 Å². The Balaban J connectivity index is 2.53. The fraction of sp³-hybridized carbons (Fsp3) is 0.545. The molecule has 0 fully saturated rings. The van der Waals surface area contributed by atoms with Gasteiger partial charge in [-0.15, -0.1) is 0 Å². The molecule has 2 atom stereocenters. The van der Waals surface area contributed by atoms with Crippen LogP contribution >= 0.6 is 0 Å². The highest BCUT2D eigenvalue weighted by Crippen LogP contribution is 2.20. The van der Waals surface area contributed by atoms with Gasteiger partial charge >= 0.3 is 0 Å². The molecule has 2 unspecified atom stereocenters. The van der Waals surface area contributed by atoms with E-state index in [1.165, 1.54) is 0 Å². The minimum Gasteiger partial charge on any atom is -0.396 e. The zero-order valence-electron chi connectivity index (χ0n) is 8.27. The number of hydrogen-bond donors (Lipinski definition) is 1. The SMILES string of the molecule is CC(CO)CC(C)c1ccccn1. The lowest BCUT2D eigenvalue weighted by atomic mass is 9.95. The molecule has 0 spiro atoms. The van der Waals surface area contributed by atoms with E-state index in [1.807, 2.05) is 24.4 Å². The van der Waals surface area contributed by atoms with Crippen LogP contribution in [0.15, 0.2) is 24.4 Å². The highest BCUT2D eigenvalue weighted by molar-refractivity contribution is 5.08. The molecule has 2 nitrogen and oxygen atoms in total. The summed E-state index contributed by atoms with van der Waals surface area (Å²) >= 11 is 0. The molecule has 0 aliphatic rings. The largest absolute Gasteiger partial charge is 0.396 e. The number of hydrogen-bond acceptors (Lipinski definition) is 2. The van der Waals surface area contributed by atoms with Gasteiger partial charge in [0.25, 0.3) is 0 Å². The molecule has 1 N–H and O–H groups in total. The molecular formula is C11H17NO. The summed E-state index contributed by atoms with van der Waals surface area (Å²) in [4.78, 5) is 4.28. The Kier molecular flexibility index (Phi) is 3.90. The molecule has 13 heavy (non-hydrogen) atoms. The lowest BCUT2D eigenvalue weighted by Gasteiger charge is -2.14. The van der Waals surface area contributed by atoms with Crippen molar-refractivity contribution in [3.8, 4) is 0 Å². The minimum absolute atomic E-state index is 0.261. The van der Waals surface area contributed by atoms with Crippen LogP contribution in [-0.2, 0) is 0 Å². The molecule has 1 heterocycles. The summed E-state index contributed by atoms with van der Waals surface area (Å²) in [6, 6.07) is 5.96. The van der Waals surface area contributed by atoms with Gasteiger partial charge in [-0.1, -0.05) is 19.9 Å². The summed E-state index contributed by atoms with van der Waals surface area (Å²) < 4.78 is 0. The summed E-state index contributed by atoms with van der Waals surface area (Å²) in [5, 5.41) is 8.91. The van der Waals surface area contributed by atoms with Gasteiger partial charge in [0.1, 0.15) is 0 Å². The van der Waals surface area contributed by atoms with Crippen LogP contribution < -0.4 is 0 Å². The van der Waals surface area contributed by atoms with Crippen molar-refractivity contribution in [3.63, 3.8) is 0 Å². The van der Waals surface area contributed by atoms with E-state index in [2.05, 4.69) is 18.8 Å². The molecule has 0 saturated heterocycles. The van der Waals surface area contributed by atoms with Crippen LogP contribution in [0.3, 0.4) is 0 Å². The van der Waals surface area contributed by atoms with Crippen molar-refractivity contribution >= 4 is 0 Å². The van der Waals surface area contributed by atoms with E-state index in [0.717, 1.165) is 12.1 Å². The predicted molar refractivity (Wildman–Crippen MR) is 53.5 cm³/mol. The Morgan fingerprint density at radius 3 is 2.69 bits per heavy atom. The van der Waals surface area contributed by atoms with Crippen molar-refractivity contribution in [2.24, 2.45) is 5.92 Å². The highest BCUT2D eigenvalue weighted by Gasteiger charge is 2.10. The maximum Gasteiger partial charge on any atom is 0.0456 e. The lowest BCUT2D eigenvalue weighted by molar-refractivity contribution is 0.224. The molecule has 0 radical (unpaired) electrons. The fourth-order valence-electron chi connectivity index (χ4n) is 1.47. The number of pyridine rings is 1. The molecule has 1 aromatic heterocycles. The van der Waals surface area contributed by atoms with Crippen molar-refractivity contribution in [1.29, 1.82) is 0 Å². The second-order valence-corrected chi connectivity index (χ2v) is 3.68. The molecule has 72 valence electrons. The Labute approximate surface area is 79.6 Å². The fourth-order valence-corrected chi connectivity index (χ4v) is 1.47. The van der Waals surface area contributed by atoms with Crippen LogP contribution in [0.2, 0.25) is 0 Å². The number of nitrogens with zero attached hydrogens (tertiary/aromatic N) is 1. The standard InChI is InChI=1S/C11H17NO/c1-9(8-13)7-10(2)11-5-3-4-6-12-11/h3-6,9-10,13H,7-8H2,1-2H3. The molecule has 2 heteroatoms. The quantitative estimate of drug-likeness (QED) is 0.768. The Morgan fingerprint density at radius 2 is 2.15 bits per heavy atom. The van der Waals surface area contributed by atoms with Gasteiger partial charge < -0.3 is 5.11 Å². The summed E-state index contributed by atoms with van der Waals surface area (Å²) in [6.45, 7) is 4.46. The van der Waals surface area contributed by atoms with E-state index in [-0.39, 0.29) is 6.61 Å². The second-order valence-electron chi connectivity index (χ2n) is 3.68. The van der Waals surface area contributed by atoms with Crippen LogP contribution in [0.1, 0.15) is 31.9 Å². The maximum atomic E-state index is 8.91. The van der Waals surface area contributed by atoms with Crippen molar-refractivity contribution in [2.75, 3.05) is 6.61 Å². The Bertz CT molecular complexity index is 235. The molecule has 0 bridgehead atoms. The predicted octanol–water partition coefficient (Wildman–Crippen LogP) is 2.20. The molecule has 1 rings (SSSR count). The number of aromatic nitrogens is 1. The molecule has 1 aromatic rings. The summed E-state index contributed by atoms with van der Waals surface area (Å²) in [5.74, 6) is 0.792. The van der Waals surface area contributed by atoms with Crippen molar-refractivity contribution in [1.82, 2.24) is 4.98 Å². The van der Waals surface area contributed by atoms with E-state index >= 15 is 0 Å². The third-order valence-electron chi connectivity index (χ3n) is 2.26. The van der Waals surface area contributed by atoms with Crippen LogP contribution in [0.4, 0.5) is 0 Å². The summed E-state index contributed by atoms with van der Waals surface area (Å²) in [6.07, 6.45) is 2.81. The summed E-state index contributed by atoms with van der Waals surface area (Å²) in [7, 11) is 0. The number of rotatable bonds is 4. The van der Waals surface area contributed by atoms with Crippen LogP contribution in [-0.4, -0.2) is 16.7 Å². The van der Waals surface area contributed by atoms with Gasteiger partial charge in [-0.3, -0.25) is 4.98 Å². The van der Waals surface area contributed by atoms with Crippen molar-refractivity contribution < 1.29 is 5.11 Å². The number of aliphatic hydroxyl groups is 1. The first-order chi connectivity index (χ1) is 6.24. The zero-order chi connectivity index (χ0) is 9.68. The van der Waals surface area contributed by atoms with Crippen LogP contribution in [0.5, 0.6) is 0 Å². The van der Waals surface area contributed by atoms with E-state index in [4.69, 9.17) is 5.11 Å². The molecular weight excluding hydrogens is 162 g/mol. The average Bonchev–Trinajstić information content (AvgIpc) is 2.19. The molecule has 0 aromatic carbocycles. The topological polar surface area (TPSA) is 33.1 Å². The first-order valence-electron chi connectivity index (χ1n) is 4.75. The van der Waals surface area contributed by atoms with Crippen molar-refractivity contribution in [2.45, 2.75) is 26.2 Å². The third-order valence-corrected chi connectivity index (χ3v) is 2.26. The molecule has 0 aliphatic heterocycles. The number of aliphatic hydroxyl groups excluding tert-OH is 1. The minimum atomic E-state index is 0.261. The van der Waals surface area contributed by atoms with Gasteiger partial charge in [-0.25, -0.2) is 0 Å². The smallest absolute Gasteiger partial charge is 0.0456 e. The van der Waals surface area contributed by atoms with Gasteiger partial charge in [0.15, 0.2) is 0 Å². The average molecular weight is 179 g/mol. The molecule has 0 amide bonds. The maximum absolute atomic E-state index is 8.91. The highest BCUT2D eigenvalue weighted by atomic mass is 16.3. The van der Waals surface area contributed by atoms with Gasteiger partial charge in [-0.2, -0.15) is 0 Å². The second kappa shape index (κ2) is 4.97.